The number of ether oxygens (including phenoxy) is 1. The molecule has 0 aromatic carbocycles. The summed E-state index contributed by atoms with van der Waals surface area (Å²) in [5, 5.41) is 3.50. The van der Waals surface area contributed by atoms with Gasteiger partial charge < -0.3 is 9.64 Å². The zero-order chi connectivity index (χ0) is 9.26. The van der Waals surface area contributed by atoms with Crippen LogP contribution in [0.15, 0.2) is 0 Å². The highest BCUT2D eigenvalue weighted by Gasteiger charge is 2.30. The highest BCUT2D eigenvalue weighted by Crippen LogP contribution is 2.23. The molecule has 2 aliphatic heterocycles. The Morgan fingerprint density at radius 2 is 1.93 bits per heavy atom. The Morgan fingerprint density at radius 1 is 1.29 bits per heavy atom. The minimum atomic E-state index is 0. The summed E-state index contributed by atoms with van der Waals surface area (Å²) in [5.41, 5.74) is 0. The van der Waals surface area contributed by atoms with Crippen LogP contribution in [0.5, 0.6) is 0 Å². The maximum Gasteiger partial charge on any atom is 0.111 e. The molecular formula is C10H21ClN2O. The van der Waals surface area contributed by atoms with Crippen molar-refractivity contribution in [3.05, 3.63) is 0 Å². The SMILES string of the molecule is CC1COC(C2CCN(C)CC2)N1.Cl. The van der Waals surface area contributed by atoms with Gasteiger partial charge in [0.1, 0.15) is 6.23 Å². The standard InChI is InChI=1S/C10H20N2O.ClH/c1-8-7-13-10(11-8)9-3-5-12(2)6-4-9;/h8-11H,3-7H2,1-2H3;1H. The summed E-state index contributed by atoms with van der Waals surface area (Å²) in [5.74, 6) is 0.737. The largest absolute Gasteiger partial charge is 0.361 e. The third-order valence-corrected chi connectivity index (χ3v) is 3.17. The Hall–Kier alpha value is 0.170. The minimum Gasteiger partial charge on any atom is -0.361 e. The van der Waals surface area contributed by atoms with Gasteiger partial charge in [0, 0.05) is 12.0 Å². The molecule has 0 aliphatic carbocycles. The van der Waals surface area contributed by atoms with Gasteiger partial charge in [-0.15, -0.1) is 12.4 Å². The van der Waals surface area contributed by atoms with Crippen molar-refractivity contribution in [1.29, 1.82) is 0 Å². The molecule has 0 aromatic heterocycles. The van der Waals surface area contributed by atoms with Crippen molar-refractivity contribution < 1.29 is 4.74 Å². The molecule has 4 heteroatoms. The molecule has 14 heavy (non-hydrogen) atoms. The number of nitrogens with zero attached hydrogens (tertiary/aromatic N) is 1. The van der Waals surface area contributed by atoms with Crippen LogP contribution in [0.1, 0.15) is 19.8 Å². The summed E-state index contributed by atoms with van der Waals surface area (Å²) >= 11 is 0. The lowest BCUT2D eigenvalue weighted by Crippen LogP contribution is -2.41. The zero-order valence-electron chi connectivity index (χ0n) is 9.03. The van der Waals surface area contributed by atoms with Gasteiger partial charge in [0.05, 0.1) is 6.61 Å². The van der Waals surface area contributed by atoms with Gasteiger partial charge in [-0.1, -0.05) is 0 Å². The van der Waals surface area contributed by atoms with Crippen molar-refractivity contribution in [3.8, 4) is 0 Å². The van der Waals surface area contributed by atoms with Crippen LogP contribution < -0.4 is 5.32 Å². The fraction of sp³-hybridized carbons (Fsp3) is 1.00. The lowest BCUT2D eigenvalue weighted by Gasteiger charge is -2.32. The van der Waals surface area contributed by atoms with Crippen molar-refractivity contribution in [2.45, 2.75) is 32.0 Å². The Kier molecular flexibility index (Phi) is 4.64. The van der Waals surface area contributed by atoms with Crippen molar-refractivity contribution in [2.75, 3.05) is 26.7 Å². The molecule has 2 unspecified atom stereocenters. The summed E-state index contributed by atoms with van der Waals surface area (Å²) in [6.07, 6.45) is 2.89. The van der Waals surface area contributed by atoms with E-state index in [-0.39, 0.29) is 12.4 Å². The van der Waals surface area contributed by atoms with Gasteiger partial charge >= 0.3 is 0 Å². The Bertz CT molecular complexity index is 172. The Labute approximate surface area is 92.6 Å². The molecule has 1 N–H and O–H groups in total. The minimum absolute atomic E-state index is 0. The molecule has 2 fully saturated rings. The highest BCUT2D eigenvalue weighted by molar-refractivity contribution is 5.85. The van der Waals surface area contributed by atoms with Gasteiger partial charge in [-0.2, -0.15) is 0 Å². The second-order valence-corrected chi connectivity index (χ2v) is 4.46. The summed E-state index contributed by atoms with van der Waals surface area (Å²) in [7, 11) is 2.20. The van der Waals surface area contributed by atoms with Crippen LogP contribution in [0.25, 0.3) is 0 Å². The molecule has 2 saturated heterocycles. The number of nitrogens with one attached hydrogen (secondary N) is 1. The van der Waals surface area contributed by atoms with Crippen LogP contribution in [0.3, 0.4) is 0 Å². The van der Waals surface area contributed by atoms with Crippen molar-refractivity contribution in [3.63, 3.8) is 0 Å². The van der Waals surface area contributed by atoms with Gasteiger partial charge in [0.15, 0.2) is 0 Å². The molecule has 0 spiro atoms. The number of halogens is 1. The summed E-state index contributed by atoms with van der Waals surface area (Å²) in [6.45, 7) is 5.52. The van der Waals surface area contributed by atoms with E-state index in [2.05, 4.69) is 24.2 Å². The van der Waals surface area contributed by atoms with E-state index in [1.54, 1.807) is 0 Å². The lowest BCUT2D eigenvalue weighted by atomic mass is 9.95. The molecule has 0 amide bonds. The molecule has 2 atom stereocenters. The van der Waals surface area contributed by atoms with E-state index in [1.807, 2.05) is 0 Å². The van der Waals surface area contributed by atoms with E-state index in [4.69, 9.17) is 4.74 Å². The van der Waals surface area contributed by atoms with Gasteiger partial charge in [0.25, 0.3) is 0 Å². The van der Waals surface area contributed by atoms with E-state index in [1.165, 1.54) is 25.9 Å². The first-order valence-corrected chi connectivity index (χ1v) is 5.32. The van der Waals surface area contributed by atoms with Gasteiger partial charge in [0.2, 0.25) is 0 Å². The maximum atomic E-state index is 5.71. The predicted molar refractivity (Wildman–Crippen MR) is 59.8 cm³/mol. The summed E-state index contributed by atoms with van der Waals surface area (Å²) < 4.78 is 5.71. The fourth-order valence-corrected chi connectivity index (χ4v) is 2.23. The maximum absolute atomic E-state index is 5.71. The number of rotatable bonds is 1. The van der Waals surface area contributed by atoms with E-state index >= 15 is 0 Å². The van der Waals surface area contributed by atoms with E-state index in [9.17, 15) is 0 Å². The first-order valence-electron chi connectivity index (χ1n) is 5.32. The second kappa shape index (κ2) is 5.31. The molecule has 84 valence electrons. The highest BCUT2D eigenvalue weighted by atomic mass is 35.5. The van der Waals surface area contributed by atoms with E-state index in [0.717, 1.165) is 12.5 Å². The molecule has 0 radical (unpaired) electrons. The van der Waals surface area contributed by atoms with Gasteiger partial charge in [-0.25, -0.2) is 0 Å². The topological polar surface area (TPSA) is 24.5 Å². The summed E-state index contributed by atoms with van der Waals surface area (Å²) in [4.78, 5) is 2.40. The molecule has 2 heterocycles. The van der Waals surface area contributed by atoms with Crippen LogP contribution >= 0.6 is 12.4 Å². The van der Waals surface area contributed by atoms with Gasteiger partial charge in [-0.3, -0.25) is 5.32 Å². The molecular weight excluding hydrogens is 200 g/mol. The van der Waals surface area contributed by atoms with E-state index in [0.29, 0.717) is 12.3 Å². The first-order chi connectivity index (χ1) is 6.25. The molecule has 0 aromatic rings. The molecule has 0 bridgehead atoms. The number of likely N-dealkylation sites (tertiary alicyclic amines) is 1. The molecule has 2 aliphatic rings. The van der Waals surface area contributed by atoms with Crippen LogP contribution in [0.4, 0.5) is 0 Å². The molecule has 2 rings (SSSR count). The third kappa shape index (κ3) is 2.83. The monoisotopic (exact) mass is 220 g/mol. The summed E-state index contributed by atoms with van der Waals surface area (Å²) in [6, 6.07) is 0.546. The van der Waals surface area contributed by atoms with Crippen LogP contribution in [-0.2, 0) is 4.74 Å². The second-order valence-electron chi connectivity index (χ2n) is 4.46. The van der Waals surface area contributed by atoms with Crippen LogP contribution in [0.2, 0.25) is 0 Å². The Balaban J connectivity index is 0.000000980. The van der Waals surface area contributed by atoms with Gasteiger partial charge in [-0.05, 0) is 39.9 Å². The number of piperidine rings is 1. The van der Waals surface area contributed by atoms with E-state index < -0.39 is 0 Å². The smallest absolute Gasteiger partial charge is 0.111 e. The van der Waals surface area contributed by atoms with Crippen molar-refractivity contribution >= 4 is 12.4 Å². The van der Waals surface area contributed by atoms with Crippen molar-refractivity contribution in [2.24, 2.45) is 5.92 Å². The fourth-order valence-electron chi connectivity index (χ4n) is 2.23. The average molecular weight is 221 g/mol. The predicted octanol–water partition coefficient (Wildman–Crippen LogP) is 1.08. The normalized spacial score (nSPS) is 35.6. The first kappa shape index (κ1) is 12.2. The van der Waals surface area contributed by atoms with Crippen LogP contribution in [-0.4, -0.2) is 43.9 Å². The van der Waals surface area contributed by atoms with Crippen LogP contribution in [0, 0.1) is 5.92 Å². The Morgan fingerprint density at radius 3 is 2.43 bits per heavy atom. The lowest BCUT2D eigenvalue weighted by molar-refractivity contribution is 0.0257. The number of hydrogen-bond donors (Lipinski definition) is 1. The average Bonchev–Trinajstić information content (AvgIpc) is 2.53. The molecule has 3 nitrogen and oxygen atoms in total. The number of hydrogen-bond acceptors (Lipinski definition) is 3. The van der Waals surface area contributed by atoms with Crippen molar-refractivity contribution in [1.82, 2.24) is 10.2 Å². The third-order valence-electron chi connectivity index (χ3n) is 3.17. The molecule has 0 saturated carbocycles. The zero-order valence-corrected chi connectivity index (χ0v) is 9.85. The quantitative estimate of drug-likeness (QED) is 0.716.